The number of thiazole rings is 1. The number of rotatable bonds is 8. The molecule has 3 aliphatic heterocycles. The Hall–Kier alpha value is -3.78. The Bertz CT molecular complexity index is 1840. The quantitative estimate of drug-likeness (QED) is 0.372. The minimum Gasteiger partial charge on any atom is -0.497 e. The second-order valence-corrected chi connectivity index (χ2v) is 17.8. The molecular formula is C37H47N5O7S2. The zero-order chi connectivity index (χ0) is 36.1. The highest BCUT2D eigenvalue weighted by Crippen LogP contribution is 2.57. The molecule has 3 aliphatic carbocycles. The molecule has 0 radical (unpaired) electrons. The number of methoxy groups -OCH3 is 1. The number of nitrogens with zero attached hydrogens (tertiary/aromatic N) is 4. The van der Waals surface area contributed by atoms with E-state index in [1.807, 2.05) is 41.8 Å². The minimum absolute atomic E-state index is 0.154. The van der Waals surface area contributed by atoms with Gasteiger partial charge in [0, 0.05) is 37.9 Å². The van der Waals surface area contributed by atoms with Gasteiger partial charge >= 0.3 is 6.03 Å². The molecule has 1 aromatic rings. The molecule has 6 aliphatic rings. The van der Waals surface area contributed by atoms with E-state index < -0.39 is 38.7 Å². The highest BCUT2D eigenvalue weighted by molar-refractivity contribution is 7.90. The van der Waals surface area contributed by atoms with E-state index >= 15 is 0 Å². The molecule has 2 saturated carbocycles. The molecule has 4 heterocycles. The lowest BCUT2D eigenvalue weighted by molar-refractivity contribution is -0.131. The first kappa shape index (κ1) is 35.6. The van der Waals surface area contributed by atoms with E-state index in [9.17, 15) is 22.8 Å². The van der Waals surface area contributed by atoms with Crippen LogP contribution in [0.15, 0.2) is 58.3 Å². The number of ketones is 1. The number of hydrogen-bond donors (Lipinski definition) is 1. The number of allylic oxidation sites excluding steroid dienone is 4. The maximum Gasteiger partial charge on any atom is 0.320 e. The highest BCUT2D eigenvalue weighted by atomic mass is 32.2. The summed E-state index contributed by atoms with van der Waals surface area (Å²) in [5.74, 6) is 0.312. The lowest BCUT2D eigenvalue weighted by Gasteiger charge is -2.31. The monoisotopic (exact) mass is 737 g/mol. The van der Waals surface area contributed by atoms with Crippen LogP contribution in [0.1, 0.15) is 81.8 Å². The lowest BCUT2D eigenvalue weighted by Crippen LogP contribution is -2.48. The molecule has 14 heteroatoms. The van der Waals surface area contributed by atoms with Crippen LogP contribution in [0.5, 0.6) is 0 Å². The minimum atomic E-state index is -3.79. The molecule has 3 fully saturated rings. The predicted molar refractivity (Wildman–Crippen MR) is 194 cm³/mol. The predicted octanol–water partition coefficient (Wildman–Crippen LogP) is 4.86. The van der Waals surface area contributed by atoms with Crippen molar-refractivity contribution in [3.05, 3.63) is 64.1 Å². The maximum absolute atomic E-state index is 14.3. The number of urea groups is 1. The Labute approximate surface area is 303 Å². The molecule has 6 atom stereocenters. The number of dihydropyridines is 1. The first-order valence-electron chi connectivity index (χ1n) is 18.0. The number of fused-ring (bicyclic) bond motifs is 3. The van der Waals surface area contributed by atoms with Crippen LogP contribution >= 0.6 is 11.3 Å². The number of carbonyl (C=O) groups excluding carboxylic acids is 3. The molecule has 274 valence electrons. The maximum atomic E-state index is 14.3. The molecular weight excluding hydrogens is 691 g/mol. The molecule has 1 saturated heterocycles. The van der Waals surface area contributed by atoms with Crippen molar-refractivity contribution < 1.29 is 32.3 Å². The largest absolute Gasteiger partial charge is 0.497 e. The second-order valence-electron chi connectivity index (χ2n) is 15.0. The van der Waals surface area contributed by atoms with Crippen LogP contribution in [0.2, 0.25) is 0 Å². The van der Waals surface area contributed by atoms with Crippen LogP contribution in [-0.4, -0.2) is 97.3 Å². The summed E-state index contributed by atoms with van der Waals surface area (Å²) in [7, 11) is -0.422. The Morgan fingerprint density at radius 1 is 1.18 bits per heavy atom. The molecule has 1 N–H and O–H groups in total. The summed E-state index contributed by atoms with van der Waals surface area (Å²) in [5.41, 5.74) is 0.531. The second kappa shape index (κ2) is 14.0. The SMILES string of the molecule is COC1=CC2N=C(c3nc(C(C)C)cs3)C=C(O[C@@H]3C[C@H]4C(=O)C[C@]5(C(=O)NS(=O)(=O)C6CC6)C[C@H]5/C=C\CCCCN(C)C(=O)N4C3)C2C=C1. The van der Waals surface area contributed by atoms with E-state index in [0.29, 0.717) is 43.0 Å². The van der Waals surface area contributed by atoms with E-state index in [1.165, 1.54) is 11.3 Å². The van der Waals surface area contributed by atoms with Gasteiger partial charge in [-0.25, -0.2) is 18.2 Å². The third-order valence-corrected chi connectivity index (χ3v) is 13.6. The third kappa shape index (κ3) is 7.31. The van der Waals surface area contributed by atoms with E-state index in [-0.39, 0.29) is 55.0 Å². The van der Waals surface area contributed by atoms with Gasteiger partial charge in [-0.15, -0.1) is 11.3 Å². The fourth-order valence-corrected chi connectivity index (χ4v) is 9.85. The topological polar surface area (TPSA) is 148 Å². The van der Waals surface area contributed by atoms with Crippen molar-refractivity contribution in [1.82, 2.24) is 19.5 Å². The Morgan fingerprint density at radius 2 is 1.98 bits per heavy atom. The number of aliphatic imine (C=N–C) groups is 1. The van der Waals surface area contributed by atoms with Crippen molar-refractivity contribution in [3.8, 4) is 0 Å². The van der Waals surface area contributed by atoms with Gasteiger partial charge in [-0.05, 0) is 62.5 Å². The molecule has 1 aromatic heterocycles. The summed E-state index contributed by atoms with van der Waals surface area (Å²) in [5, 5.41) is 2.28. The standard InChI is InChI=1S/C37H47N5O7S2/c1-22(2)30-21-50-34(39-30)29-17-33(27-13-10-24(48-4)15-28(27)38-29)49-25-16-31-32(43)19-37(35(44)40-51(46,47)26-11-12-26)18-23(37)9-7-5-6-8-14-41(3)36(45)42(31)20-25/h7,9-10,13,15,17,21-23,25-28,31H,5-6,8,11-12,14,16,18-20H2,1-4H3,(H,40,44)/b9-7-/t23-,25-,27?,28?,31+,37-/m1/s1. The van der Waals surface area contributed by atoms with Gasteiger partial charge < -0.3 is 19.3 Å². The summed E-state index contributed by atoms with van der Waals surface area (Å²) in [6, 6.07) is -1.37. The summed E-state index contributed by atoms with van der Waals surface area (Å²) in [6.45, 7) is 4.94. The fourth-order valence-electron chi connectivity index (χ4n) is 7.51. The fraction of sp³-hybridized carbons (Fsp3) is 0.595. The number of aromatic nitrogens is 1. The molecule has 12 nitrogen and oxygen atoms in total. The van der Waals surface area contributed by atoms with E-state index in [1.54, 1.807) is 24.0 Å². The Kier molecular flexibility index (Phi) is 9.76. The zero-order valence-corrected chi connectivity index (χ0v) is 31.3. The molecule has 2 unspecified atom stereocenters. The summed E-state index contributed by atoms with van der Waals surface area (Å²) >= 11 is 1.53. The van der Waals surface area contributed by atoms with Crippen molar-refractivity contribution in [2.45, 2.75) is 94.6 Å². The number of nitrogens with one attached hydrogen (secondary N) is 1. The van der Waals surface area contributed by atoms with Crippen LogP contribution in [0.3, 0.4) is 0 Å². The number of Topliss-reactive ketones (excluding diaryl/α,β-unsaturated/α-hetero) is 1. The van der Waals surface area contributed by atoms with Gasteiger partial charge in [-0.2, -0.15) is 0 Å². The number of amides is 3. The van der Waals surface area contributed by atoms with Crippen LogP contribution in [0.25, 0.3) is 0 Å². The average molecular weight is 738 g/mol. The van der Waals surface area contributed by atoms with Crippen LogP contribution < -0.4 is 4.72 Å². The Balaban J connectivity index is 1.16. The van der Waals surface area contributed by atoms with Crippen LogP contribution in [-0.2, 0) is 29.1 Å². The van der Waals surface area contributed by atoms with Crippen molar-refractivity contribution >= 4 is 44.8 Å². The third-order valence-electron chi connectivity index (χ3n) is 10.9. The van der Waals surface area contributed by atoms with Gasteiger partial charge in [0.05, 0.1) is 53.7 Å². The van der Waals surface area contributed by atoms with E-state index in [2.05, 4.69) is 18.6 Å². The van der Waals surface area contributed by atoms with Gasteiger partial charge in [-0.1, -0.05) is 32.1 Å². The number of carbonyl (C=O) groups is 3. The van der Waals surface area contributed by atoms with Gasteiger partial charge in [0.2, 0.25) is 15.9 Å². The first-order chi connectivity index (χ1) is 24.4. The van der Waals surface area contributed by atoms with Crippen molar-refractivity contribution in [2.24, 2.45) is 22.2 Å². The van der Waals surface area contributed by atoms with Crippen molar-refractivity contribution in [3.63, 3.8) is 0 Å². The van der Waals surface area contributed by atoms with Crippen molar-refractivity contribution in [1.29, 1.82) is 0 Å². The molecule has 0 spiro atoms. The number of hydrogen-bond acceptors (Lipinski definition) is 10. The van der Waals surface area contributed by atoms with Gasteiger partial charge in [0.25, 0.3) is 0 Å². The average Bonchev–Trinajstić information content (AvgIpc) is 3.98. The lowest BCUT2D eigenvalue weighted by atomic mass is 9.89. The van der Waals surface area contributed by atoms with Gasteiger partial charge in [0.1, 0.15) is 22.6 Å². The van der Waals surface area contributed by atoms with Crippen LogP contribution in [0.4, 0.5) is 4.79 Å². The van der Waals surface area contributed by atoms with Gasteiger partial charge in [-0.3, -0.25) is 19.3 Å². The molecule has 7 rings (SSSR count). The molecule has 0 aromatic carbocycles. The first-order valence-corrected chi connectivity index (χ1v) is 20.4. The number of sulfonamides is 1. The number of ether oxygens (including phenoxy) is 2. The zero-order valence-electron chi connectivity index (χ0n) is 29.6. The molecule has 51 heavy (non-hydrogen) atoms. The van der Waals surface area contributed by atoms with E-state index in [4.69, 9.17) is 19.5 Å². The van der Waals surface area contributed by atoms with Crippen LogP contribution in [0, 0.1) is 17.3 Å². The Morgan fingerprint density at radius 3 is 2.71 bits per heavy atom. The molecule has 3 amide bonds. The summed E-state index contributed by atoms with van der Waals surface area (Å²) in [6.07, 6.45) is 15.2. The smallest absolute Gasteiger partial charge is 0.320 e. The summed E-state index contributed by atoms with van der Waals surface area (Å²) in [4.78, 5) is 55.0. The van der Waals surface area contributed by atoms with Gasteiger partial charge in [0.15, 0.2) is 5.78 Å². The van der Waals surface area contributed by atoms with Crippen molar-refractivity contribution in [2.75, 3.05) is 27.2 Å². The molecule has 0 bridgehead atoms. The highest BCUT2D eigenvalue weighted by Gasteiger charge is 2.61. The normalized spacial score (nSPS) is 31.8. The van der Waals surface area contributed by atoms with E-state index in [0.717, 1.165) is 30.0 Å². The summed E-state index contributed by atoms with van der Waals surface area (Å²) < 4.78 is 40.2.